The average Bonchev–Trinajstić information content (AvgIpc) is 2.50. The van der Waals surface area contributed by atoms with Gasteiger partial charge >= 0.3 is 12.2 Å². The van der Waals surface area contributed by atoms with Crippen molar-refractivity contribution in [2.24, 2.45) is 0 Å². The molecule has 1 saturated heterocycles. The smallest absolute Gasteiger partial charge is 0.444 e. The van der Waals surface area contributed by atoms with Crippen molar-refractivity contribution in [1.82, 2.24) is 4.90 Å². The van der Waals surface area contributed by atoms with Gasteiger partial charge in [0.05, 0.1) is 7.11 Å². The molecule has 0 atom stereocenters. The molecule has 0 aromatic rings. The van der Waals surface area contributed by atoms with E-state index >= 15 is 0 Å². The SMILES string of the molecule is CCCCC#CC1(OC(=O)OC)CCN(C(=O)OC(C)(C)C)CC1. The molecule has 24 heavy (non-hydrogen) atoms. The molecule has 0 aromatic carbocycles. The summed E-state index contributed by atoms with van der Waals surface area (Å²) < 4.78 is 15.4. The Morgan fingerprint density at radius 1 is 1.21 bits per heavy atom. The van der Waals surface area contributed by atoms with E-state index < -0.39 is 17.4 Å². The largest absolute Gasteiger partial charge is 0.509 e. The first-order valence-corrected chi connectivity index (χ1v) is 8.46. The van der Waals surface area contributed by atoms with Gasteiger partial charge in [0.25, 0.3) is 0 Å². The second-order valence-electron chi connectivity index (χ2n) is 6.92. The third-order valence-electron chi connectivity index (χ3n) is 3.64. The van der Waals surface area contributed by atoms with Crippen LogP contribution < -0.4 is 0 Å². The lowest BCUT2D eigenvalue weighted by atomic mass is 9.91. The molecular formula is C18H29NO5. The van der Waals surface area contributed by atoms with Crippen molar-refractivity contribution in [1.29, 1.82) is 0 Å². The van der Waals surface area contributed by atoms with Gasteiger partial charge in [0.1, 0.15) is 5.60 Å². The zero-order valence-corrected chi connectivity index (χ0v) is 15.4. The van der Waals surface area contributed by atoms with E-state index in [4.69, 9.17) is 9.47 Å². The fourth-order valence-electron chi connectivity index (χ4n) is 2.32. The molecule has 0 unspecified atom stereocenters. The third-order valence-corrected chi connectivity index (χ3v) is 3.64. The Labute approximate surface area is 144 Å². The van der Waals surface area contributed by atoms with Crippen LogP contribution in [-0.4, -0.2) is 48.5 Å². The highest BCUT2D eigenvalue weighted by Gasteiger charge is 2.39. The molecule has 136 valence electrons. The van der Waals surface area contributed by atoms with Gasteiger partial charge in [-0.15, -0.1) is 0 Å². The zero-order valence-electron chi connectivity index (χ0n) is 15.4. The summed E-state index contributed by atoms with van der Waals surface area (Å²) in [6.45, 7) is 8.45. The van der Waals surface area contributed by atoms with Gasteiger partial charge in [-0.25, -0.2) is 9.59 Å². The van der Waals surface area contributed by atoms with Crippen LogP contribution in [-0.2, 0) is 14.2 Å². The van der Waals surface area contributed by atoms with Gasteiger partial charge in [-0.05, 0) is 27.2 Å². The fraction of sp³-hybridized carbons (Fsp3) is 0.778. The number of amides is 1. The van der Waals surface area contributed by atoms with Gasteiger partial charge in [-0.1, -0.05) is 25.2 Å². The maximum atomic E-state index is 12.1. The van der Waals surface area contributed by atoms with E-state index in [9.17, 15) is 9.59 Å². The topological polar surface area (TPSA) is 65.1 Å². The molecular weight excluding hydrogens is 310 g/mol. The van der Waals surface area contributed by atoms with Crippen LogP contribution in [0.25, 0.3) is 0 Å². The van der Waals surface area contributed by atoms with Gasteiger partial charge < -0.3 is 19.1 Å². The van der Waals surface area contributed by atoms with E-state index in [1.807, 2.05) is 20.8 Å². The van der Waals surface area contributed by atoms with Crippen LogP contribution in [0.15, 0.2) is 0 Å². The maximum absolute atomic E-state index is 12.1. The molecule has 0 N–H and O–H groups in total. The molecule has 1 heterocycles. The molecule has 1 aliphatic rings. The van der Waals surface area contributed by atoms with Crippen LogP contribution in [0, 0.1) is 11.8 Å². The minimum atomic E-state index is -0.890. The Morgan fingerprint density at radius 3 is 2.33 bits per heavy atom. The molecule has 1 amide bonds. The third kappa shape index (κ3) is 6.69. The predicted molar refractivity (Wildman–Crippen MR) is 90.6 cm³/mol. The Bertz CT molecular complexity index is 490. The normalized spacial score (nSPS) is 16.6. The number of unbranched alkanes of at least 4 members (excludes halogenated alkanes) is 2. The van der Waals surface area contributed by atoms with Crippen molar-refractivity contribution in [3.8, 4) is 11.8 Å². The molecule has 0 spiro atoms. The van der Waals surface area contributed by atoms with Crippen LogP contribution in [0.5, 0.6) is 0 Å². The number of likely N-dealkylation sites (tertiary alicyclic amines) is 1. The first kappa shape index (κ1) is 20.1. The predicted octanol–water partition coefficient (Wildman–Crippen LogP) is 3.73. The van der Waals surface area contributed by atoms with Crippen LogP contribution in [0.4, 0.5) is 9.59 Å². The van der Waals surface area contributed by atoms with Crippen LogP contribution in [0.1, 0.15) is 59.8 Å². The Balaban J connectivity index is 2.73. The van der Waals surface area contributed by atoms with Crippen molar-refractivity contribution < 1.29 is 23.8 Å². The van der Waals surface area contributed by atoms with Gasteiger partial charge in [-0.3, -0.25) is 0 Å². The lowest BCUT2D eigenvalue weighted by Gasteiger charge is -2.37. The van der Waals surface area contributed by atoms with Gasteiger partial charge in [-0.2, -0.15) is 0 Å². The first-order chi connectivity index (χ1) is 11.2. The molecule has 0 bridgehead atoms. The van der Waals surface area contributed by atoms with E-state index in [0.717, 1.165) is 19.3 Å². The quantitative estimate of drug-likeness (QED) is 0.445. The summed E-state index contributed by atoms with van der Waals surface area (Å²) in [5, 5.41) is 0. The van der Waals surface area contributed by atoms with Crippen LogP contribution >= 0.6 is 0 Å². The van der Waals surface area contributed by atoms with Crippen molar-refractivity contribution in [2.75, 3.05) is 20.2 Å². The van der Waals surface area contributed by atoms with Crippen molar-refractivity contribution in [3.63, 3.8) is 0 Å². The molecule has 1 aliphatic heterocycles. The van der Waals surface area contributed by atoms with E-state index in [0.29, 0.717) is 25.9 Å². The molecule has 0 aliphatic carbocycles. The van der Waals surface area contributed by atoms with E-state index in [1.165, 1.54) is 7.11 Å². The molecule has 6 heteroatoms. The Hall–Kier alpha value is -1.90. The van der Waals surface area contributed by atoms with E-state index in [-0.39, 0.29) is 6.09 Å². The van der Waals surface area contributed by atoms with E-state index in [1.54, 1.807) is 4.90 Å². The summed E-state index contributed by atoms with van der Waals surface area (Å²) in [5.41, 5.74) is -1.42. The molecule has 6 nitrogen and oxygen atoms in total. The van der Waals surface area contributed by atoms with Crippen molar-refractivity contribution in [2.45, 2.75) is 71.0 Å². The average molecular weight is 339 g/mol. The van der Waals surface area contributed by atoms with E-state index in [2.05, 4.69) is 23.5 Å². The molecule has 0 radical (unpaired) electrons. The molecule has 0 aromatic heterocycles. The number of hydrogen-bond acceptors (Lipinski definition) is 5. The van der Waals surface area contributed by atoms with Crippen LogP contribution in [0.3, 0.4) is 0 Å². The second kappa shape index (κ2) is 8.81. The number of methoxy groups -OCH3 is 1. The number of hydrogen-bond donors (Lipinski definition) is 0. The van der Waals surface area contributed by atoms with Gasteiger partial charge in [0.2, 0.25) is 0 Å². The Kier molecular flexibility index (Phi) is 7.40. The summed E-state index contributed by atoms with van der Waals surface area (Å²) in [6.07, 6.45) is 2.62. The summed E-state index contributed by atoms with van der Waals surface area (Å²) in [6, 6.07) is 0. The fourth-order valence-corrected chi connectivity index (χ4v) is 2.32. The summed E-state index contributed by atoms with van der Waals surface area (Å²) in [5.74, 6) is 6.18. The summed E-state index contributed by atoms with van der Waals surface area (Å²) in [4.78, 5) is 25.3. The summed E-state index contributed by atoms with van der Waals surface area (Å²) >= 11 is 0. The van der Waals surface area contributed by atoms with Crippen molar-refractivity contribution in [3.05, 3.63) is 0 Å². The first-order valence-electron chi connectivity index (χ1n) is 8.46. The lowest BCUT2D eigenvalue weighted by molar-refractivity contribution is -0.0338. The van der Waals surface area contributed by atoms with Crippen molar-refractivity contribution >= 4 is 12.2 Å². The standard InChI is InChI=1S/C18H29NO5/c1-6-7-8-9-10-18(24-16(21)22-5)11-13-19(14-12-18)15(20)23-17(2,3)4/h6-8,11-14H2,1-5H3. The highest BCUT2D eigenvalue weighted by Crippen LogP contribution is 2.27. The minimum absolute atomic E-state index is 0.354. The Morgan fingerprint density at radius 2 is 1.83 bits per heavy atom. The lowest BCUT2D eigenvalue weighted by Crippen LogP contribution is -2.49. The molecule has 0 saturated carbocycles. The molecule has 1 rings (SSSR count). The number of nitrogens with zero attached hydrogens (tertiary/aromatic N) is 1. The highest BCUT2D eigenvalue weighted by molar-refractivity contribution is 5.68. The zero-order chi connectivity index (χ0) is 18.2. The van der Waals surface area contributed by atoms with Gasteiger partial charge in [0, 0.05) is 32.4 Å². The summed E-state index contributed by atoms with van der Waals surface area (Å²) in [7, 11) is 1.27. The number of carbonyl (C=O) groups excluding carboxylic acids is 2. The number of piperidine rings is 1. The number of rotatable bonds is 3. The number of carbonyl (C=O) groups is 2. The maximum Gasteiger partial charge on any atom is 0.509 e. The monoisotopic (exact) mass is 339 g/mol. The highest BCUT2D eigenvalue weighted by atomic mass is 16.7. The molecule has 1 fully saturated rings. The minimum Gasteiger partial charge on any atom is -0.444 e. The second-order valence-corrected chi connectivity index (χ2v) is 6.92. The number of ether oxygens (including phenoxy) is 3. The van der Waals surface area contributed by atoms with Gasteiger partial charge in [0.15, 0.2) is 5.60 Å². The van der Waals surface area contributed by atoms with Crippen LogP contribution in [0.2, 0.25) is 0 Å².